The van der Waals surface area contributed by atoms with E-state index < -0.39 is 0 Å². The molecular weight excluding hydrogens is 175 g/mol. The normalized spacial score (nSPS) is 9.07. The summed E-state index contributed by atoms with van der Waals surface area (Å²) in [6, 6.07) is 20.5. The Kier molecular flexibility index (Phi) is 4.43. The van der Waals surface area contributed by atoms with Crippen molar-refractivity contribution in [1.82, 2.24) is 0 Å². The Morgan fingerprint density at radius 2 is 1.07 bits per heavy atom. The zero-order valence-electron chi connectivity index (χ0n) is 9.98. The Morgan fingerprint density at radius 1 is 0.733 bits per heavy atom. The first-order valence-corrected chi connectivity index (χ1v) is 4.67. The summed E-state index contributed by atoms with van der Waals surface area (Å²) in [5.41, 5.74) is 3.43. The van der Waals surface area contributed by atoms with Gasteiger partial charge in [-0.25, -0.2) is 0 Å². The summed E-state index contributed by atoms with van der Waals surface area (Å²) in [6.45, 7) is 4.10. The van der Waals surface area contributed by atoms with Gasteiger partial charge in [-0.2, -0.15) is 0 Å². The maximum atomic E-state index is 4.10. The van der Waals surface area contributed by atoms with Gasteiger partial charge in [0.2, 0.25) is 0 Å². The topological polar surface area (TPSA) is 0 Å². The quantitative estimate of drug-likeness (QED) is 0.613. The number of rotatable bonds is 2. The van der Waals surface area contributed by atoms with Crippen LogP contribution >= 0.6 is 0 Å². The van der Waals surface area contributed by atoms with Gasteiger partial charge in [0.25, 0.3) is 0 Å². The van der Waals surface area contributed by atoms with Crippen LogP contribution in [0.2, 0.25) is 0 Å². The first kappa shape index (κ1) is 11.8. The zero-order chi connectivity index (χ0) is 9.80. The van der Waals surface area contributed by atoms with Crippen LogP contribution in [0.1, 0.15) is 12.6 Å². The summed E-state index contributed by atoms with van der Waals surface area (Å²) in [7, 11) is 0. The third-order valence-corrected chi connectivity index (χ3v) is 2.24. The summed E-state index contributed by atoms with van der Waals surface area (Å²) in [5, 5.41) is 0. The van der Waals surface area contributed by atoms with Gasteiger partial charge >= 0.3 is 18.9 Å². The first-order chi connectivity index (χ1) is 6.88. The predicted molar refractivity (Wildman–Crippen MR) is 62.1 cm³/mol. The molecule has 0 unspecified atom stereocenters. The van der Waals surface area contributed by atoms with Crippen LogP contribution in [0.25, 0.3) is 5.57 Å². The molecule has 0 bridgehead atoms. The molecule has 0 aromatic heterocycles. The van der Waals surface area contributed by atoms with E-state index in [0.717, 1.165) is 5.57 Å². The van der Waals surface area contributed by atoms with Crippen molar-refractivity contribution in [3.8, 4) is 0 Å². The second-order valence-corrected chi connectivity index (χ2v) is 3.21. The third kappa shape index (κ3) is 2.86. The summed E-state index contributed by atoms with van der Waals surface area (Å²) < 4.78 is 0. The molecule has 0 saturated carbocycles. The van der Waals surface area contributed by atoms with Crippen molar-refractivity contribution in [3.63, 3.8) is 0 Å². The van der Waals surface area contributed by atoms with Crippen molar-refractivity contribution < 1.29 is 20.3 Å². The van der Waals surface area contributed by atoms with Gasteiger partial charge in [-0.1, -0.05) is 67.2 Å². The average molecular weight is 188 g/mol. The second-order valence-electron chi connectivity index (χ2n) is 3.21. The van der Waals surface area contributed by atoms with Crippen LogP contribution in [-0.2, 0) is 0 Å². The third-order valence-electron chi connectivity index (χ3n) is 2.24. The largest absolute Gasteiger partial charge is 1.00 e. The molecule has 0 aliphatic rings. The van der Waals surface area contributed by atoms with E-state index in [1.165, 1.54) is 11.1 Å². The Labute approximate surface area is 104 Å². The molecule has 15 heavy (non-hydrogen) atoms. The summed E-state index contributed by atoms with van der Waals surface area (Å²) in [4.78, 5) is 0. The number of hydrogen-bond acceptors (Lipinski definition) is 0. The van der Waals surface area contributed by atoms with Gasteiger partial charge in [-0.3, -0.25) is 0 Å². The van der Waals surface area contributed by atoms with Crippen LogP contribution in [0, 0.1) is 0 Å². The van der Waals surface area contributed by atoms with Crippen LogP contribution in [0.15, 0.2) is 67.2 Å². The van der Waals surface area contributed by atoms with E-state index in [4.69, 9.17) is 0 Å². The van der Waals surface area contributed by atoms with Crippen molar-refractivity contribution in [2.45, 2.75) is 0 Å². The second kappa shape index (κ2) is 5.61. The van der Waals surface area contributed by atoms with Gasteiger partial charge in [0, 0.05) is 0 Å². The van der Waals surface area contributed by atoms with Crippen LogP contribution in [0.5, 0.6) is 0 Å². The fourth-order valence-corrected chi connectivity index (χ4v) is 1.45. The first-order valence-electron chi connectivity index (χ1n) is 4.67. The molecule has 0 aliphatic carbocycles. The van der Waals surface area contributed by atoms with Gasteiger partial charge in [-0.05, 0) is 16.7 Å². The van der Waals surface area contributed by atoms with Gasteiger partial charge in [-0.15, -0.1) is 0 Å². The van der Waals surface area contributed by atoms with Crippen molar-refractivity contribution in [2.75, 3.05) is 0 Å². The molecule has 0 spiro atoms. The fourth-order valence-electron chi connectivity index (χ4n) is 1.45. The van der Waals surface area contributed by atoms with E-state index >= 15 is 0 Å². The van der Waals surface area contributed by atoms with E-state index in [1.807, 2.05) is 36.4 Å². The molecule has 0 N–H and O–H groups in total. The van der Waals surface area contributed by atoms with E-state index in [0.29, 0.717) is 0 Å². The van der Waals surface area contributed by atoms with Crippen LogP contribution in [-0.4, -0.2) is 0 Å². The van der Waals surface area contributed by atoms with Gasteiger partial charge in [0.15, 0.2) is 0 Å². The van der Waals surface area contributed by atoms with Crippen LogP contribution < -0.4 is 18.9 Å². The van der Waals surface area contributed by atoms with Gasteiger partial charge in [0.05, 0.1) is 0 Å². The molecule has 2 rings (SSSR count). The van der Waals surface area contributed by atoms with Crippen molar-refractivity contribution >= 4 is 5.57 Å². The smallest absolute Gasteiger partial charge is 1.00 e. The molecule has 2 aromatic carbocycles. The minimum absolute atomic E-state index is 0. The maximum Gasteiger partial charge on any atom is 1.00 e. The van der Waals surface area contributed by atoms with E-state index in [-0.39, 0.29) is 20.3 Å². The molecule has 0 atom stereocenters. The summed E-state index contributed by atoms with van der Waals surface area (Å²) in [5.74, 6) is 0. The molecule has 0 fully saturated rings. The number of benzene rings is 2. The van der Waals surface area contributed by atoms with Crippen LogP contribution in [0.4, 0.5) is 0 Å². The molecule has 0 amide bonds. The van der Waals surface area contributed by atoms with E-state index in [9.17, 15) is 0 Å². The number of hydrogen-bond donors (Lipinski definition) is 0. The fraction of sp³-hybridized carbons (Fsp3) is 0. The minimum atomic E-state index is 0. The standard InChI is InChI=1S/C14H12.Li.H/c1-12(13-8-4-2-5-9-13)14-10-6-3-7-11-14;;/h2-11H,1H2;;/q;+1;-1. The molecule has 70 valence electrons. The van der Waals surface area contributed by atoms with E-state index in [2.05, 4.69) is 30.8 Å². The van der Waals surface area contributed by atoms with Crippen molar-refractivity contribution in [1.29, 1.82) is 0 Å². The Bertz CT molecular complexity index is 382. The summed E-state index contributed by atoms with van der Waals surface area (Å²) in [6.07, 6.45) is 0. The Morgan fingerprint density at radius 3 is 1.40 bits per heavy atom. The maximum absolute atomic E-state index is 4.10. The molecule has 0 aliphatic heterocycles. The van der Waals surface area contributed by atoms with E-state index in [1.54, 1.807) is 0 Å². The van der Waals surface area contributed by atoms with Crippen LogP contribution in [0.3, 0.4) is 0 Å². The zero-order valence-corrected chi connectivity index (χ0v) is 8.98. The minimum Gasteiger partial charge on any atom is -1.00 e. The Balaban J connectivity index is 0.00000112. The monoisotopic (exact) mass is 188 g/mol. The van der Waals surface area contributed by atoms with Crippen molar-refractivity contribution in [2.24, 2.45) is 0 Å². The molecule has 1 heteroatoms. The van der Waals surface area contributed by atoms with Crippen molar-refractivity contribution in [3.05, 3.63) is 78.4 Å². The van der Waals surface area contributed by atoms with Gasteiger partial charge in [0.1, 0.15) is 0 Å². The SMILES string of the molecule is C=C(c1ccccc1)c1ccccc1.[H-].[Li+]. The van der Waals surface area contributed by atoms with Gasteiger partial charge < -0.3 is 1.43 Å². The molecule has 0 saturated heterocycles. The molecule has 0 heterocycles. The molecule has 0 nitrogen and oxygen atoms in total. The average Bonchev–Trinajstić information content (AvgIpc) is 2.30. The molecule has 0 radical (unpaired) electrons. The Hall–Kier alpha value is -1.22. The predicted octanol–water partition coefficient (Wildman–Crippen LogP) is 0.865. The molecular formula is C14H13Li. The molecule has 2 aromatic rings. The summed E-state index contributed by atoms with van der Waals surface area (Å²) >= 11 is 0.